The number of benzene rings is 2. The van der Waals surface area contributed by atoms with Crippen LogP contribution >= 0.6 is 0 Å². The van der Waals surface area contributed by atoms with Gasteiger partial charge >= 0.3 is 5.97 Å². The summed E-state index contributed by atoms with van der Waals surface area (Å²) in [6, 6.07) is 18.2. The third kappa shape index (κ3) is 4.58. The maximum atomic E-state index is 10.8. The Balaban J connectivity index is 1.78. The maximum absolute atomic E-state index is 10.8. The number of para-hydroxylation sites is 1. The second-order valence-corrected chi connectivity index (χ2v) is 7.86. The van der Waals surface area contributed by atoms with Crippen LogP contribution in [0.15, 0.2) is 60.7 Å². The fourth-order valence-corrected chi connectivity index (χ4v) is 3.85. The highest BCUT2D eigenvalue weighted by Gasteiger charge is 2.29. The molecule has 30 heavy (non-hydrogen) atoms. The summed E-state index contributed by atoms with van der Waals surface area (Å²) in [5.41, 5.74) is 5.12. The molecule has 0 bridgehead atoms. The number of pyridine rings is 1. The Morgan fingerprint density at radius 1 is 1.07 bits per heavy atom. The van der Waals surface area contributed by atoms with Crippen LogP contribution in [0.3, 0.4) is 0 Å². The molecule has 0 saturated heterocycles. The molecule has 0 aliphatic heterocycles. The zero-order valence-corrected chi connectivity index (χ0v) is 16.6. The third-order valence-electron chi connectivity index (χ3n) is 5.39. The van der Waals surface area contributed by atoms with Gasteiger partial charge in [-0.3, -0.25) is 9.78 Å². The number of hydrogen-bond donors (Lipinski definition) is 3. The number of carboxylic acids is 1. The van der Waals surface area contributed by atoms with E-state index in [1.165, 1.54) is 0 Å². The van der Waals surface area contributed by atoms with E-state index in [-0.39, 0.29) is 12.8 Å². The SMILES string of the molecule is O=C(O)C[C@H](O)C[C@H](O)/C=C/c1c(C2CC2)nc2ccccc2c1-c1ccccc1. The van der Waals surface area contributed by atoms with Gasteiger partial charge in [0.05, 0.1) is 29.8 Å². The van der Waals surface area contributed by atoms with E-state index in [0.29, 0.717) is 5.92 Å². The molecule has 2 atom stereocenters. The molecule has 3 N–H and O–H groups in total. The molecule has 2 aromatic carbocycles. The number of nitrogens with zero attached hydrogens (tertiary/aromatic N) is 1. The second kappa shape index (κ2) is 8.78. The molecule has 1 aliphatic rings. The number of rotatable bonds is 8. The number of carbonyl (C=O) groups is 1. The standard InChI is InChI=1S/C25H25NO4/c27-18(14-19(28)15-23(29)30)12-13-21-24(16-6-2-1-3-7-16)20-8-4-5-9-22(20)26-25(21)17-10-11-17/h1-9,12-13,17-19,27-28H,10-11,14-15H2,(H,29,30)/b13-12+/t18-,19-/m1/s1. The van der Waals surface area contributed by atoms with E-state index in [9.17, 15) is 15.0 Å². The molecular weight excluding hydrogens is 378 g/mol. The molecule has 1 heterocycles. The van der Waals surface area contributed by atoms with Crippen molar-refractivity contribution < 1.29 is 20.1 Å². The Morgan fingerprint density at radius 2 is 1.77 bits per heavy atom. The highest BCUT2D eigenvalue weighted by atomic mass is 16.4. The van der Waals surface area contributed by atoms with Crippen molar-refractivity contribution in [2.75, 3.05) is 0 Å². The van der Waals surface area contributed by atoms with Gasteiger partial charge in [0.15, 0.2) is 0 Å². The highest BCUT2D eigenvalue weighted by molar-refractivity contribution is 5.99. The topological polar surface area (TPSA) is 90.7 Å². The van der Waals surface area contributed by atoms with Gasteiger partial charge in [0, 0.05) is 28.9 Å². The average Bonchev–Trinajstić information content (AvgIpc) is 3.56. The van der Waals surface area contributed by atoms with Crippen molar-refractivity contribution in [1.29, 1.82) is 0 Å². The average molecular weight is 403 g/mol. The van der Waals surface area contributed by atoms with Gasteiger partial charge in [-0.15, -0.1) is 0 Å². The fourth-order valence-electron chi connectivity index (χ4n) is 3.85. The Bertz CT molecular complexity index is 1070. The van der Waals surface area contributed by atoms with E-state index in [2.05, 4.69) is 18.2 Å². The smallest absolute Gasteiger partial charge is 0.305 e. The van der Waals surface area contributed by atoms with Crippen molar-refractivity contribution in [1.82, 2.24) is 4.98 Å². The number of aliphatic hydroxyl groups is 2. The van der Waals surface area contributed by atoms with Crippen molar-refractivity contribution in [3.8, 4) is 11.1 Å². The fraction of sp³-hybridized carbons (Fsp3) is 0.280. The number of aliphatic carboxylic acids is 1. The Morgan fingerprint density at radius 3 is 2.47 bits per heavy atom. The van der Waals surface area contributed by atoms with Crippen LogP contribution in [0.5, 0.6) is 0 Å². The quantitative estimate of drug-likeness (QED) is 0.519. The Kier molecular flexibility index (Phi) is 5.93. The first-order valence-electron chi connectivity index (χ1n) is 10.3. The van der Waals surface area contributed by atoms with E-state index in [1.54, 1.807) is 6.08 Å². The van der Waals surface area contributed by atoms with Crippen molar-refractivity contribution in [3.63, 3.8) is 0 Å². The highest BCUT2D eigenvalue weighted by Crippen LogP contribution is 2.45. The molecular formula is C25H25NO4. The van der Waals surface area contributed by atoms with Crippen molar-refractivity contribution in [3.05, 3.63) is 71.9 Å². The predicted octanol–water partition coefficient (Wildman–Crippen LogP) is 4.38. The van der Waals surface area contributed by atoms with Crippen LogP contribution in [0.25, 0.3) is 28.1 Å². The second-order valence-electron chi connectivity index (χ2n) is 7.86. The van der Waals surface area contributed by atoms with Crippen LogP contribution < -0.4 is 0 Å². The molecule has 0 radical (unpaired) electrons. The third-order valence-corrected chi connectivity index (χ3v) is 5.39. The van der Waals surface area contributed by atoms with Crippen LogP contribution in [-0.2, 0) is 4.79 Å². The molecule has 5 nitrogen and oxygen atoms in total. The molecule has 0 spiro atoms. The maximum Gasteiger partial charge on any atom is 0.305 e. The largest absolute Gasteiger partial charge is 0.481 e. The van der Waals surface area contributed by atoms with Gasteiger partial charge < -0.3 is 15.3 Å². The number of aliphatic hydroxyl groups excluding tert-OH is 2. The summed E-state index contributed by atoms with van der Waals surface area (Å²) in [6.45, 7) is 0. The van der Waals surface area contributed by atoms with Crippen LogP contribution in [0.4, 0.5) is 0 Å². The molecule has 154 valence electrons. The summed E-state index contributed by atoms with van der Waals surface area (Å²) < 4.78 is 0. The van der Waals surface area contributed by atoms with E-state index >= 15 is 0 Å². The first-order chi connectivity index (χ1) is 14.5. The van der Waals surface area contributed by atoms with E-state index < -0.39 is 18.2 Å². The zero-order chi connectivity index (χ0) is 21.1. The summed E-state index contributed by atoms with van der Waals surface area (Å²) in [7, 11) is 0. The monoisotopic (exact) mass is 403 g/mol. The van der Waals surface area contributed by atoms with Gasteiger partial charge in [-0.2, -0.15) is 0 Å². The van der Waals surface area contributed by atoms with Crippen LogP contribution in [0.2, 0.25) is 0 Å². The molecule has 4 rings (SSSR count). The summed E-state index contributed by atoms with van der Waals surface area (Å²) in [4.78, 5) is 15.7. The minimum atomic E-state index is -1.09. The van der Waals surface area contributed by atoms with E-state index in [1.807, 2.05) is 42.5 Å². The summed E-state index contributed by atoms with van der Waals surface area (Å²) >= 11 is 0. The van der Waals surface area contributed by atoms with Gasteiger partial charge in [-0.1, -0.05) is 60.7 Å². The lowest BCUT2D eigenvalue weighted by Crippen LogP contribution is -2.19. The summed E-state index contributed by atoms with van der Waals surface area (Å²) in [5, 5.41) is 30.0. The predicted molar refractivity (Wildman–Crippen MR) is 117 cm³/mol. The molecule has 1 aliphatic carbocycles. The summed E-state index contributed by atoms with van der Waals surface area (Å²) in [5.74, 6) is -0.675. The van der Waals surface area contributed by atoms with Gasteiger partial charge in [-0.05, 0) is 24.5 Å². The van der Waals surface area contributed by atoms with E-state index in [4.69, 9.17) is 10.1 Å². The van der Waals surface area contributed by atoms with Crippen molar-refractivity contribution in [2.24, 2.45) is 0 Å². The molecule has 1 fully saturated rings. The van der Waals surface area contributed by atoms with E-state index in [0.717, 1.165) is 46.1 Å². The van der Waals surface area contributed by atoms with Crippen molar-refractivity contribution in [2.45, 2.75) is 43.8 Å². The number of carboxylic acid groups (broad SMARTS) is 1. The summed E-state index contributed by atoms with van der Waals surface area (Å²) in [6.07, 6.45) is 3.27. The Labute approximate surface area is 175 Å². The number of aromatic nitrogens is 1. The van der Waals surface area contributed by atoms with Crippen LogP contribution in [0.1, 0.15) is 42.9 Å². The lowest BCUT2D eigenvalue weighted by molar-refractivity contribution is -0.139. The lowest BCUT2D eigenvalue weighted by Gasteiger charge is -2.16. The first-order valence-corrected chi connectivity index (χ1v) is 10.3. The molecule has 1 saturated carbocycles. The Hall–Kier alpha value is -3.02. The van der Waals surface area contributed by atoms with Gasteiger partial charge in [0.1, 0.15) is 0 Å². The first kappa shape index (κ1) is 20.3. The molecule has 5 heteroatoms. The minimum absolute atomic E-state index is 0.0246. The minimum Gasteiger partial charge on any atom is -0.481 e. The molecule has 3 aromatic rings. The lowest BCUT2D eigenvalue weighted by atomic mass is 9.92. The van der Waals surface area contributed by atoms with Crippen molar-refractivity contribution >= 4 is 22.9 Å². The molecule has 0 amide bonds. The normalized spacial score (nSPS) is 16.1. The van der Waals surface area contributed by atoms with Gasteiger partial charge in [-0.25, -0.2) is 0 Å². The zero-order valence-electron chi connectivity index (χ0n) is 16.6. The number of hydrogen-bond acceptors (Lipinski definition) is 4. The van der Waals surface area contributed by atoms with Crippen LogP contribution in [0, 0.1) is 0 Å². The number of fused-ring (bicyclic) bond motifs is 1. The van der Waals surface area contributed by atoms with Gasteiger partial charge in [0.25, 0.3) is 0 Å². The molecule has 1 aromatic heterocycles. The van der Waals surface area contributed by atoms with Gasteiger partial charge in [0.2, 0.25) is 0 Å². The van der Waals surface area contributed by atoms with Crippen LogP contribution in [-0.4, -0.2) is 38.5 Å². The molecule has 0 unspecified atom stereocenters.